The highest BCUT2D eigenvalue weighted by atomic mass is 32.1. The Bertz CT molecular complexity index is 1220. The Morgan fingerprint density at radius 1 is 1.16 bits per heavy atom. The van der Waals surface area contributed by atoms with Crippen LogP contribution in [0.4, 0.5) is 16.3 Å². The molecule has 7 nitrogen and oxygen atoms in total. The molecule has 1 amide bonds. The van der Waals surface area contributed by atoms with E-state index >= 15 is 0 Å². The molecule has 9 heteroatoms. The fourth-order valence-electron chi connectivity index (χ4n) is 3.82. The average Bonchev–Trinajstić information content (AvgIpc) is 3.49. The number of hydrogen-bond donors (Lipinski definition) is 2. The fourth-order valence-corrected chi connectivity index (χ4v) is 4.44. The number of nitrogens with one attached hydrogen (secondary N) is 2. The van der Waals surface area contributed by atoms with E-state index in [4.69, 9.17) is 4.74 Å². The van der Waals surface area contributed by atoms with Gasteiger partial charge in [0.2, 0.25) is 5.95 Å². The third kappa shape index (κ3) is 3.94. The van der Waals surface area contributed by atoms with Crippen molar-refractivity contribution in [2.45, 2.75) is 18.5 Å². The molecule has 0 spiro atoms. The maximum atomic E-state index is 13.5. The number of halogens is 1. The van der Waals surface area contributed by atoms with Gasteiger partial charge in [0, 0.05) is 0 Å². The van der Waals surface area contributed by atoms with E-state index in [0.29, 0.717) is 17.2 Å². The molecule has 2 N–H and O–H groups in total. The first-order valence-corrected chi connectivity index (χ1v) is 11.0. The third-order valence-electron chi connectivity index (χ3n) is 5.43. The molecule has 1 aliphatic rings. The van der Waals surface area contributed by atoms with Crippen LogP contribution >= 0.6 is 11.3 Å². The van der Waals surface area contributed by atoms with Crippen molar-refractivity contribution in [1.29, 1.82) is 0 Å². The second-order valence-corrected chi connectivity index (χ2v) is 8.36. The molecule has 162 valence electrons. The molecular formula is C23H20FN5O2S. The van der Waals surface area contributed by atoms with E-state index < -0.39 is 0 Å². The van der Waals surface area contributed by atoms with Gasteiger partial charge in [-0.15, -0.1) is 16.4 Å². The number of carbonyl (C=O) groups excluding carboxylic acids is 1. The number of fused-ring (bicyclic) bond motifs is 1. The van der Waals surface area contributed by atoms with Crippen LogP contribution in [-0.4, -0.2) is 27.8 Å². The molecule has 1 aliphatic heterocycles. The van der Waals surface area contributed by atoms with Crippen LogP contribution in [0.5, 0.6) is 5.75 Å². The number of methoxy groups -OCH3 is 1. The summed E-state index contributed by atoms with van der Waals surface area (Å²) >= 11 is 1.35. The number of benzene rings is 2. The summed E-state index contributed by atoms with van der Waals surface area (Å²) in [7, 11) is 1.63. The first kappa shape index (κ1) is 20.2. The van der Waals surface area contributed by atoms with Gasteiger partial charge in [-0.05, 0) is 53.3 Å². The number of hydrogen-bond acceptors (Lipinski definition) is 6. The molecule has 2 aromatic carbocycles. The van der Waals surface area contributed by atoms with Gasteiger partial charge in [0.25, 0.3) is 11.9 Å². The SMILES string of the molecule is COc1ccc([C@@H]2C[C@H](c3ccc(F)cc3)n3nc(NC(=O)c4cccs4)nc3N2)cc1. The number of nitrogens with zero attached hydrogens (tertiary/aromatic N) is 3. The maximum absolute atomic E-state index is 13.5. The van der Waals surface area contributed by atoms with Crippen LogP contribution in [-0.2, 0) is 0 Å². The fraction of sp³-hybridized carbons (Fsp3) is 0.174. The summed E-state index contributed by atoms with van der Waals surface area (Å²) in [6, 6.07) is 17.6. The van der Waals surface area contributed by atoms with Crippen LogP contribution < -0.4 is 15.4 Å². The molecule has 0 fully saturated rings. The minimum absolute atomic E-state index is 0.0477. The summed E-state index contributed by atoms with van der Waals surface area (Å²) in [5.41, 5.74) is 1.98. The van der Waals surface area contributed by atoms with Crippen LogP contribution in [0.25, 0.3) is 0 Å². The van der Waals surface area contributed by atoms with Gasteiger partial charge in [0.05, 0.1) is 24.1 Å². The van der Waals surface area contributed by atoms with Crippen molar-refractivity contribution in [2.24, 2.45) is 0 Å². The second-order valence-electron chi connectivity index (χ2n) is 7.41. The monoisotopic (exact) mass is 449 g/mol. The van der Waals surface area contributed by atoms with E-state index in [2.05, 4.69) is 20.7 Å². The molecule has 32 heavy (non-hydrogen) atoms. The third-order valence-corrected chi connectivity index (χ3v) is 6.30. The molecule has 0 radical (unpaired) electrons. The van der Waals surface area contributed by atoms with Crippen LogP contribution in [0.1, 0.15) is 39.3 Å². The second kappa shape index (κ2) is 8.43. The van der Waals surface area contributed by atoms with Gasteiger partial charge in [-0.1, -0.05) is 30.3 Å². The zero-order valence-corrected chi connectivity index (χ0v) is 18.0. The Hall–Kier alpha value is -3.72. The number of amides is 1. The molecule has 0 saturated heterocycles. The Morgan fingerprint density at radius 3 is 2.59 bits per heavy atom. The minimum Gasteiger partial charge on any atom is -0.497 e. The van der Waals surface area contributed by atoms with E-state index in [-0.39, 0.29) is 29.8 Å². The Kier molecular flexibility index (Phi) is 5.32. The van der Waals surface area contributed by atoms with Gasteiger partial charge in [-0.25, -0.2) is 9.07 Å². The first-order chi connectivity index (χ1) is 15.6. The number of carbonyl (C=O) groups is 1. The Balaban J connectivity index is 1.48. The summed E-state index contributed by atoms with van der Waals surface area (Å²) < 4.78 is 20.6. The molecule has 2 atom stereocenters. The highest BCUT2D eigenvalue weighted by Gasteiger charge is 2.31. The molecule has 0 bridgehead atoms. The van der Waals surface area contributed by atoms with Crippen molar-refractivity contribution in [3.05, 3.63) is 87.9 Å². The van der Waals surface area contributed by atoms with Crippen LogP contribution in [0, 0.1) is 5.82 Å². The highest BCUT2D eigenvalue weighted by Crippen LogP contribution is 2.38. The lowest BCUT2D eigenvalue weighted by molar-refractivity contribution is 0.102. The van der Waals surface area contributed by atoms with Crippen LogP contribution in [0.15, 0.2) is 66.0 Å². The van der Waals surface area contributed by atoms with Gasteiger partial charge >= 0.3 is 0 Å². The van der Waals surface area contributed by atoms with Crippen molar-refractivity contribution in [3.8, 4) is 5.75 Å². The topological polar surface area (TPSA) is 81.1 Å². The van der Waals surface area contributed by atoms with Gasteiger partial charge in [0.15, 0.2) is 0 Å². The number of ether oxygens (including phenoxy) is 1. The summed E-state index contributed by atoms with van der Waals surface area (Å²) in [6.45, 7) is 0. The van der Waals surface area contributed by atoms with E-state index in [1.807, 2.05) is 35.7 Å². The predicted octanol–water partition coefficient (Wildman–Crippen LogP) is 4.89. The van der Waals surface area contributed by atoms with E-state index in [1.54, 1.807) is 30.0 Å². The van der Waals surface area contributed by atoms with E-state index in [0.717, 1.165) is 16.9 Å². The smallest absolute Gasteiger partial charge is 0.268 e. The lowest BCUT2D eigenvalue weighted by Crippen LogP contribution is -2.28. The molecule has 2 aromatic heterocycles. The van der Waals surface area contributed by atoms with Gasteiger partial charge in [-0.2, -0.15) is 4.98 Å². The van der Waals surface area contributed by atoms with Crippen molar-refractivity contribution in [3.63, 3.8) is 0 Å². The van der Waals surface area contributed by atoms with Crippen LogP contribution in [0.2, 0.25) is 0 Å². The molecule has 0 unspecified atom stereocenters. The predicted molar refractivity (Wildman–Crippen MR) is 121 cm³/mol. The zero-order valence-electron chi connectivity index (χ0n) is 17.2. The highest BCUT2D eigenvalue weighted by molar-refractivity contribution is 7.12. The van der Waals surface area contributed by atoms with Crippen LogP contribution in [0.3, 0.4) is 0 Å². The van der Waals surface area contributed by atoms with E-state index in [9.17, 15) is 9.18 Å². The summed E-state index contributed by atoms with van der Waals surface area (Å²) in [4.78, 5) is 17.6. The molecule has 0 saturated carbocycles. The van der Waals surface area contributed by atoms with E-state index in [1.165, 1.54) is 23.5 Å². The van der Waals surface area contributed by atoms with Gasteiger partial charge in [0.1, 0.15) is 11.6 Å². The molecule has 4 aromatic rings. The molecule has 0 aliphatic carbocycles. The minimum atomic E-state index is -0.294. The Labute approximate surface area is 187 Å². The largest absolute Gasteiger partial charge is 0.497 e. The number of anilines is 2. The van der Waals surface area contributed by atoms with Crippen molar-refractivity contribution >= 4 is 29.1 Å². The van der Waals surface area contributed by atoms with Crippen molar-refractivity contribution in [2.75, 3.05) is 17.7 Å². The molecule has 5 rings (SSSR count). The lowest BCUT2D eigenvalue weighted by Gasteiger charge is -2.31. The average molecular weight is 450 g/mol. The summed E-state index contributed by atoms with van der Waals surface area (Å²) in [5, 5.41) is 12.6. The summed E-state index contributed by atoms with van der Waals surface area (Å²) in [5.74, 6) is 0.979. The number of rotatable bonds is 5. The zero-order chi connectivity index (χ0) is 22.1. The normalized spacial score (nSPS) is 17.3. The summed E-state index contributed by atoms with van der Waals surface area (Å²) in [6.07, 6.45) is 0.673. The number of aromatic nitrogens is 3. The van der Waals surface area contributed by atoms with Gasteiger partial charge in [-0.3, -0.25) is 10.1 Å². The number of thiophene rings is 1. The first-order valence-electron chi connectivity index (χ1n) is 10.1. The standard InChI is InChI=1S/C23H20FN5O2S/c1-31-17-10-6-14(7-11-17)18-13-19(15-4-8-16(24)9-5-15)29-23(25-18)27-22(28-29)26-21(30)20-3-2-12-32-20/h2-12,18-19H,13H2,1H3,(H2,25,26,27,28,30)/t18-,19+/m0/s1. The van der Waals surface area contributed by atoms with Crippen molar-refractivity contribution < 1.29 is 13.9 Å². The maximum Gasteiger partial charge on any atom is 0.268 e. The lowest BCUT2D eigenvalue weighted by atomic mass is 9.93. The Morgan fingerprint density at radius 2 is 1.91 bits per heavy atom. The molecular weight excluding hydrogens is 429 g/mol. The quantitative estimate of drug-likeness (QED) is 0.454. The van der Waals surface area contributed by atoms with Crippen molar-refractivity contribution in [1.82, 2.24) is 14.8 Å². The molecule has 3 heterocycles. The van der Waals surface area contributed by atoms with Gasteiger partial charge < -0.3 is 10.1 Å².